The van der Waals surface area contributed by atoms with Gasteiger partial charge in [-0.25, -0.2) is 0 Å². The zero-order chi connectivity index (χ0) is 26.8. The van der Waals surface area contributed by atoms with Gasteiger partial charge in [-0.3, -0.25) is 0 Å². The molecule has 0 radical (unpaired) electrons. The smallest absolute Gasteiger partial charge is 0.0620 e. The van der Waals surface area contributed by atoms with Crippen LogP contribution in [0.5, 0.6) is 0 Å². The number of benzene rings is 6. The highest BCUT2D eigenvalue weighted by atomic mass is 14.9. The number of fused-ring (bicyclic) bond motifs is 16. The molecule has 2 nitrogen and oxygen atoms in total. The van der Waals surface area contributed by atoms with E-state index in [1.807, 2.05) is 0 Å². The third-order valence-corrected chi connectivity index (χ3v) is 10.4. The third-order valence-electron chi connectivity index (χ3n) is 10.4. The van der Waals surface area contributed by atoms with E-state index in [0.717, 1.165) is 0 Å². The van der Waals surface area contributed by atoms with Crippen LogP contribution in [0.25, 0.3) is 87.3 Å². The van der Waals surface area contributed by atoms with Crippen LogP contribution in [0.2, 0.25) is 0 Å². The molecular formula is C39H24N2. The Kier molecular flexibility index (Phi) is 3.27. The Labute approximate surface area is 235 Å². The number of rotatable bonds is 0. The second-order valence-electron chi connectivity index (χ2n) is 12.5. The number of para-hydroxylation sites is 4. The van der Waals surface area contributed by atoms with Gasteiger partial charge in [-0.15, -0.1) is 0 Å². The summed E-state index contributed by atoms with van der Waals surface area (Å²) in [6.07, 6.45) is 0. The molecule has 0 fully saturated rings. The first-order chi connectivity index (χ1) is 20.1. The highest BCUT2D eigenvalue weighted by Gasteiger charge is 2.38. The monoisotopic (exact) mass is 520 g/mol. The number of hydrogen-bond acceptors (Lipinski definition) is 0. The second-order valence-corrected chi connectivity index (χ2v) is 12.5. The standard InChI is InChI=1S/C39H24N2/c1-39(2)29-17-18-33-36(26-14-8-12-24-22-10-3-5-15-31(22)40(33)38(24)26)35(29)28-20-34-27(19-30(28)39)25-13-7-11-23-21-9-4-6-16-32(21)41(34)37(23)25/h3-20H,1-2H3. The summed E-state index contributed by atoms with van der Waals surface area (Å²) < 4.78 is 5.02. The molecule has 4 heterocycles. The summed E-state index contributed by atoms with van der Waals surface area (Å²) in [6, 6.07) is 41.2. The molecule has 0 saturated carbocycles. The lowest BCUT2D eigenvalue weighted by Crippen LogP contribution is -2.14. The Hall–Kier alpha value is -5.08. The first kappa shape index (κ1) is 20.8. The second kappa shape index (κ2) is 6.45. The summed E-state index contributed by atoms with van der Waals surface area (Å²) in [4.78, 5) is 0. The molecule has 2 heteroatoms. The molecule has 1 aliphatic rings. The molecule has 4 aromatic heterocycles. The van der Waals surface area contributed by atoms with Gasteiger partial charge in [0.2, 0.25) is 0 Å². The highest BCUT2D eigenvalue weighted by Crippen LogP contribution is 2.55. The predicted molar refractivity (Wildman–Crippen MR) is 173 cm³/mol. The lowest BCUT2D eigenvalue weighted by atomic mass is 9.82. The van der Waals surface area contributed by atoms with Crippen molar-refractivity contribution in [3.63, 3.8) is 0 Å². The molecule has 190 valence electrons. The van der Waals surface area contributed by atoms with E-state index in [2.05, 4.69) is 132 Å². The van der Waals surface area contributed by atoms with Crippen molar-refractivity contribution in [1.82, 2.24) is 8.80 Å². The highest BCUT2D eigenvalue weighted by molar-refractivity contribution is 6.28. The Morgan fingerprint density at radius 3 is 1.71 bits per heavy atom. The maximum absolute atomic E-state index is 2.52. The van der Waals surface area contributed by atoms with Gasteiger partial charge in [0.25, 0.3) is 0 Å². The van der Waals surface area contributed by atoms with Gasteiger partial charge in [0, 0.05) is 48.5 Å². The van der Waals surface area contributed by atoms with E-state index >= 15 is 0 Å². The number of hydrogen-bond donors (Lipinski definition) is 0. The summed E-state index contributed by atoms with van der Waals surface area (Å²) in [5.41, 5.74) is 13.4. The van der Waals surface area contributed by atoms with Gasteiger partial charge in [-0.1, -0.05) is 92.7 Å². The van der Waals surface area contributed by atoms with Crippen LogP contribution >= 0.6 is 0 Å². The van der Waals surface area contributed by atoms with Gasteiger partial charge in [0.15, 0.2) is 0 Å². The lowest BCUT2D eigenvalue weighted by Gasteiger charge is -2.21. The molecule has 6 aromatic carbocycles. The fraction of sp³-hybridized carbons (Fsp3) is 0.0769. The summed E-state index contributed by atoms with van der Waals surface area (Å²) in [5.74, 6) is 0. The molecule has 0 aliphatic heterocycles. The average molecular weight is 521 g/mol. The SMILES string of the molecule is CC1(C)c2cc3c4cccc5c6ccccc6n(c3cc2-c2c1ccc1c2c2cccc3c6ccccc6n1c32)c54. The fourth-order valence-electron chi connectivity index (χ4n) is 8.67. The van der Waals surface area contributed by atoms with Crippen molar-refractivity contribution in [3.05, 3.63) is 120 Å². The Balaban J connectivity index is 1.37. The van der Waals surface area contributed by atoms with Gasteiger partial charge in [0.1, 0.15) is 0 Å². The average Bonchev–Trinajstić information content (AvgIpc) is 3.76. The zero-order valence-corrected chi connectivity index (χ0v) is 22.8. The third kappa shape index (κ3) is 2.11. The van der Waals surface area contributed by atoms with Gasteiger partial charge < -0.3 is 8.80 Å². The molecule has 0 amide bonds. The van der Waals surface area contributed by atoms with Gasteiger partial charge in [-0.2, -0.15) is 0 Å². The van der Waals surface area contributed by atoms with Crippen molar-refractivity contribution in [3.8, 4) is 11.1 Å². The summed E-state index contributed by atoms with van der Waals surface area (Å²) >= 11 is 0. The van der Waals surface area contributed by atoms with Crippen LogP contribution in [-0.2, 0) is 5.41 Å². The molecule has 0 bridgehead atoms. The maximum atomic E-state index is 2.52. The first-order valence-corrected chi connectivity index (χ1v) is 14.5. The molecule has 0 spiro atoms. The van der Waals surface area contributed by atoms with E-state index < -0.39 is 0 Å². The van der Waals surface area contributed by atoms with E-state index in [1.165, 1.54) is 98.4 Å². The Bertz CT molecular complexity index is 2770. The van der Waals surface area contributed by atoms with E-state index in [-0.39, 0.29) is 5.41 Å². The van der Waals surface area contributed by atoms with Crippen LogP contribution in [0.1, 0.15) is 25.0 Å². The maximum Gasteiger partial charge on any atom is 0.0620 e. The van der Waals surface area contributed by atoms with Crippen molar-refractivity contribution in [2.45, 2.75) is 19.3 Å². The van der Waals surface area contributed by atoms with Crippen LogP contribution in [0.3, 0.4) is 0 Å². The van der Waals surface area contributed by atoms with Crippen LogP contribution in [0.15, 0.2) is 109 Å². The lowest BCUT2D eigenvalue weighted by molar-refractivity contribution is 0.661. The van der Waals surface area contributed by atoms with Gasteiger partial charge >= 0.3 is 0 Å². The van der Waals surface area contributed by atoms with Gasteiger partial charge in [0.05, 0.1) is 33.1 Å². The van der Waals surface area contributed by atoms with Crippen molar-refractivity contribution in [2.75, 3.05) is 0 Å². The van der Waals surface area contributed by atoms with Crippen LogP contribution in [0.4, 0.5) is 0 Å². The molecular weight excluding hydrogens is 496 g/mol. The van der Waals surface area contributed by atoms with Crippen molar-refractivity contribution in [2.24, 2.45) is 0 Å². The molecule has 0 unspecified atom stereocenters. The van der Waals surface area contributed by atoms with E-state index in [1.54, 1.807) is 0 Å². The van der Waals surface area contributed by atoms with E-state index in [4.69, 9.17) is 0 Å². The van der Waals surface area contributed by atoms with Crippen molar-refractivity contribution < 1.29 is 0 Å². The Morgan fingerprint density at radius 1 is 0.439 bits per heavy atom. The van der Waals surface area contributed by atoms with Gasteiger partial charge in [-0.05, 0) is 52.6 Å². The summed E-state index contributed by atoms with van der Waals surface area (Å²) in [5, 5.41) is 10.8. The molecule has 0 N–H and O–H groups in total. The van der Waals surface area contributed by atoms with Crippen molar-refractivity contribution >= 4 is 76.2 Å². The number of nitrogens with zero attached hydrogens (tertiary/aromatic N) is 2. The quantitative estimate of drug-likeness (QED) is 0.188. The largest absolute Gasteiger partial charge is 0.308 e. The van der Waals surface area contributed by atoms with E-state index in [0.29, 0.717) is 0 Å². The normalized spacial score (nSPS) is 14.8. The fourth-order valence-corrected chi connectivity index (χ4v) is 8.67. The molecule has 10 aromatic rings. The Morgan fingerprint density at radius 2 is 1.00 bits per heavy atom. The minimum atomic E-state index is -0.0881. The zero-order valence-electron chi connectivity index (χ0n) is 22.8. The van der Waals surface area contributed by atoms with E-state index in [9.17, 15) is 0 Å². The molecule has 0 saturated heterocycles. The molecule has 0 atom stereocenters. The topological polar surface area (TPSA) is 8.82 Å². The molecule has 1 aliphatic carbocycles. The molecule has 41 heavy (non-hydrogen) atoms. The van der Waals surface area contributed by atoms with Crippen molar-refractivity contribution in [1.29, 1.82) is 0 Å². The minimum Gasteiger partial charge on any atom is -0.308 e. The molecule has 11 rings (SSSR count). The minimum absolute atomic E-state index is 0.0881. The van der Waals surface area contributed by atoms with Crippen LogP contribution in [0, 0.1) is 0 Å². The van der Waals surface area contributed by atoms with Crippen LogP contribution < -0.4 is 0 Å². The van der Waals surface area contributed by atoms with Crippen LogP contribution in [-0.4, -0.2) is 8.80 Å². The summed E-state index contributed by atoms with van der Waals surface area (Å²) in [6.45, 7) is 4.82. The first-order valence-electron chi connectivity index (χ1n) is 14.5. The number of aromatic nitrogens is 2. The summed E-state index contributed by atoms with van der Waals surface area (Å²) in [7, 11) is 0. The predicted octanol–water partition coefficient (Wildman–Crippen LogP) is 10.3.